The van der Waals surface area contributed by atoms with Crippen molar-refractivity contribution in [3.8, 4) is 0 Å². The summed E-state index contributed by atoms with van der Waals surface area (Å²) in [7, 11) is -4.63. The fourth-order valence-corrected chi connectivity index (χ4v) is 2.30. The van der Waals surface area contributed by atoms with Crippen LogP contribution in [0.25, 0.3) is 0 Å². The Labute approximate surface area is 127 Å². The number of carboxylic acid groups (broad SMARTS) is 1. The maximum absolute atomic E-state index is 11.5. The zero-order valence-corrected chi connectivity index (χ0v) is 13.1. The highest BCUT2D eigenvalue weighted by Gasteiger charge is 2.20. The van der Waals surface area contributed by atoms with E-state index in [1.165, 1.54) is 12.1 Å². The number of carbonyl (C=O) groups excluding carboxylic acids is 1. The molecule has 1 aromatic carbocycles. The summed E-state index contributed by atoms with van der Waals surface area (Å²) in [5.74, 6) is -1.34. The van der Waals surface area contributed by atoms with E-state index in [2.05, 4.69) is 5.32 Å². The molecule has 1 aromatic rings. The van der Waals surface area contributed by atoms with Crippen LogP contribution in [0.5, 0.6) is 0 Å². The third kappa shape index (κ3) is 5.34. The van der Waals surface area contributed by atoms with E-state index in [4.69, 9.17) is 14.4 Å². The zero-order chi connectivity index (χ0) is 17.1. The molecule has 122 valence electrons. The Bertz CT molecular complexity index is 689. The topological polar surface area (TPSA) is 130 Å². The lowest BCUT2D eigenvalue weighted by atomic mass is 10.1. The summed E-state index contributed by atoms with van der Waals surface area (Å²) in [5.41, 5.74) is -0.977. The van der Waals surface area contributed by atoms with Crippen LogP contribution in [0, 0.1) is 0 Å². The lowest BCUT2D eigenvalue weighted by molar-refractivity contribution is 0.0522. The molecule has 0 aromatic heterocycles. The highest BCUT2D eigenvalue weighted by Crippen LogP contribution is 2.18. The van der Waals surface area contributed by atoms with Gasteiger partial charge in [0.2, 0.25) is 0 Å². The molecular formula is C13H17NO7S. The number of carbonyl (C=O) groups is 2. The molecule has 0 fully saturated rings. The van der Waals surface area contributed by atoms with E-state index in [1.54, 1.807) is 20.8 Å². The highest BCUT2D eigenvalue weighted by molar-refractivity contribution is 7.85. The van der Waals surface area contributed by atoms with Crippen LogP contribution >= 0.6 is 0 Å². The molecule has 8 nitrogen and oxygen atoms in total. The van der Waals surface area contributed by atoms with Crippen molar-refractivity contribution in [3.63, 3.8) is 0 Å². The average molecular weight is 331 g/mol. The predicted octanol–water partition coefficient (Wildman–Crippen LogP) is 1.66. The number of nitrogens with one attached hydrogen (secondary N) is 1. The molecule has 0 heterocycles. The maximum atomic E-state index is 11.5. The van der Waals surface area contributed by atoms with Crippen LogP contribution < -0.4 is 5.32 Å². The van der Waals surface area contributed by atoms with Crippen LogP contribution in [0.1, 0.15) is 36.7 Å². The van der Waals surface area contributed by atoms with Gasteiger partial charge in [0.15, 0.2) is 0 Å². The SMILES string of the molecule is CC(C)(C)OC(=O)NCc1ccc(C(=O)O)cc1S(=O)(=O)O. The number of hydrogen-bond donors (Lipinski definition) is 3. The zero-order valence-electron chi connectivity index (χ0n) is 12.3. The number of hydrogen-bond acceptors (Lipinski definition) is 5. The second-order valence-electron chi connectivity index (χ2n) is 5.46. The van der Waals surface area contributed by atoms with Crippen LogP contribution in [-0.2, 0) is 21.4 Å². The summed E-state index contributed by atoms with van der Waals surface area (Å²) >= 11 is 0. The van der Waals surface area contributed by atoms with Gasteiger partial charge in [0.1, 0.15) is 5.60 Å². The van der Waals surface area contributed by atoms with Crippen LogP contribution in [0.2, 0.25) is 0 Å². The van der Waals surface area contributed by atoms with Crippen LogP contribution in [0.3, 0.4) is 0 Å². The van der Waals surface area contributed by atoms with Gasteiger partial charge in [0, 0.05) is 6.54 Å². The van der Waals surface area contributed by atoms with Crippen molar-refractivity contribution < 1.29 is 32.4 Å². The molecule has 0 saturated carbocycles. The monoisotopic (exact) mass is 331 g/mol. The van der Waals surface area contributed by atoms with Crippen molar-refractivity contribution in [2.75, 3.05) is 0 Å². The number of carboxylic acids is 1. The molecular weight excluding hydrogens is 314 g/mol. The largest absolute Gasteiger partial charge is 0.478 e. The average Bonchev–Trinajstić information content (AvgIpc) is 2.32. The number of aromatic carboxylic acids is 1. The Kier molecular flexibility index (Phi) is 5.15. The number of ether oxygens (including phenoxy) is 1. The molecule has 0 saturated heterocycles. The Morgan fingerprint density at radius 1 is 1.27 bits per heavy atom. The van der Waals surface area contributed by atoms with E-state index in [0.717, 1.165) is 6.07 Å². The molecule has 0 unspecified atom stereocenters. The van der Waals surface area contributed by atoms with E-state index in [1.807, 2.05) is 0 Å². The third-order valence-electron chi connectivity index (χ3n) is 2.41. The lowest BCUT2D eigenvalue weighted by Crippen LogP contribution is -2.32. The molecule has 22 heavy (non-hydrogen) atoms. The maximum Gasteiger partial charge on any atom is 0.407 e. The molecule has 0 radical (unpaired) electrons. The van der Waals surface area contributed by atoms with Crippen molar-refractivity contribution in [2.24, 2.45) is 0 Å². The molecule has 3 N–H and O–H groups in total. The smallest absolute Gasteiger partial charge is 0.407 e. The minimum Gasteiger partial charge on any atom is -0.478 e. The normalized spacial score (nSPS) is 11.8. The fraction of sp³-hybridized carbons (Fsp3) is 0.385. The van der Waals surface area contributed by atoms with E-state index in [0.29, 0.717) is 0 Å². The molecule has 0 atom stereocenters. The van der Waals surface area contributed by atoms with Gasteiger partial charge in [-0.2, -0.15) is 8.42 Å². The van der Waals surface area contributed by atoms with E-state index < -0.39 is 32.7 Å². The van der Waals surface area contributed by atoms with Crippen LogP contribution in [0.4, 0.5) is 4.79 Å². The molecule has 0 aliphatic heterocycles. The van der Waals surface area contributed by atoms with Gasteiger partial charge in [-0.05, 0) is 38.5 Å². The second-order valence-corrected chi connectivity index (χ2v) is 6.85. The van der Waals surface area contributed by atoms with Crippen LogP contribution in [0.15, 0.2) is 23.1 Å². The minimum atomic E-state index is -4.63. The summed E-state index contributed by atoms with van der Waals surface area (Å²) in [6, 6.07) is 3.19. The molecule has 1 amide bonds. The number of benzene rings is 1. The van der Waals surface area contributed by atoms with Gasteiger partial charge < -0.3 is 15.2 Å². The summed E-state index contributed by atoms with van der Waals surface area (Å²) in [6.45, 7) is 4.75. The first-order valence-corrected chi connectivity index (χ1v) is 7.65. The highest BCUT2D eigenvalue weighted by atomic mass is 32.2. The third-order valence-corrected chi connectivity index (χ3v) is 3.35. The predicted molar refractivity (Wildman–Crippen MR) is 76.3 cm³/mol. The first-order chi connectivity index (χ1) is 9.90. The van der Waals surface area contributed by atoms with Crippen LogP contribution in [-0.4, -0.2) is 35.7 Å². The number of rotatable bonds is 4. The van der Waals surface area contributed by atoms with E-state index in [-0.39, 0.29) is 17.7 Å². The quantitative estimate of drug-likeness (QED) is 0.715. The Morgan fingerprint density at radius 3 is 2.32 bits per heavy atom. The Hall–Kier alpha value is -2.13. The van der Waals surface area contributed by atoms with Gasteiger partial charge in [0.25, 0.3) is 10.1 Å². The first kappa shape index (κ1) is 17.9. The molecule has 0 aliphatic carbocycles. The Balaban J connectivity index is 3.00. The van der Waals surface area contributed by atoms with Gasteiger partial charge in [0.05, 0.1) is 10.5 Å². The summed E-state index contributed by atoms with van der Waals surface area (Å²) in [4.78, 5) is 21.8. The minimum absolute atomic E-state index is 0.0401. The van der Waals surface area contributed by atoms with E-state index in [9.17, 15) is 18.0 Å². The van der Waals surface area contributed by atoms with Crippen molar-refractivity contribution >= 4 is 22.2 Å². The molecule has 9 heteroatoms. The first-order valence-electron chi connectivity index (χ1n) is 6.21. The second kappa shape index (κ2) is 6.32. The van der Waals surface area contributed by atoms with Gasteiger partial charge in [-0.3, -0.25) is 4.55 Å². The molecule has 0 bridgehead atoms. The summed E-state index contributed by atoms with van der Waals surface area (Å²) in [6.07, 6.45) is -0.768. The van der Waals surface area contributed by atoms with E-state index >= 15 is 0 Å². The standard InChI is InChI=1S/C13H17NO7S/c1-13(2,3)21-12(17)14-7-9-5-4-8(11(15)16)6-10(9)22(18,19)20/h4-6H,7H2,1-3H3,(H,14,17)(H,15,16)(H,18,19,20). The van der Waals surface area contributed by atoms with Gasteiger partial charge in [-0.15, -0.1) is 0 Å². The molecule has 1 rings (SSSR count). The Morgan fingerprint density at radius 2 is 1.86 bits per heavy atom. The molecule has 0 aliphatic rings. The number of amides is 1. The lowest BCUT2D eigenvalue weighted by Gasteiger charge is -2.20. The van der Waals surface area contributed by atoms with Gasteiger partial charge in [-0.25, -0.2) is 9.59 Å². The molecule has 0 spiro atoms. The van der Waals surface area contributed by atoms with Crippen molar-refractivity contribution in [1.82, 2.24) is 5.32 Å². The van der Waals surface area contributed by atoms with Gasteiger partial charge >= 0.3 is 12.1 Å². The number of alkyl carbamates (subject to hydrolysis) is 1. The fourth-order valence-electron chi connectivity index (χ4n) is 1.56. The van der Waals surface area contributed by atoms with Crippen molar-refractivity contribution in [1.29, 1.82) is 0 Å². The van der Waals surface area contributed by atoms with Gasteiger partial charge in [-0.1, -0.05) is 6.07 Å². The van der Waals surface area contributed by atoms with Crippen molar-refractivity contribution in [3.05, 3.63) is 29.3 Å². The van der Waals surface area contributed by atoms with Crippen molar-refractivity contribution in [2.45, 2.75) is 37.8 Å². The summed E-state index contributed by atoms with van der Waals surface area (Å²) < 4.78 is 36.8. The summed E-state index contributed by atoms with van der Waals surface area (Å²) in [5, 5.41) is 11.2.